The van der Waals surface area contributed by atoms with Crippen molar-refractivity contribution >= 4 is 33.4 Å². The summed E-state index contributed by atoms with van der Waals surface area (Å²) in [6.45, 7) is 4.08. The summed E-state index contributed by atoms with van der Waals surface area (Å²) in [7, 11) is 0. The first-order valence-electron chi connectivity index (χ1n) is 16.5. The van der Waals surface area contributed by atoms with Crippen LogP contribution < -0.4 is 26.6 Å². The number of anilines is 2. The summed E-state index contributed by atoms with van der Waals surface area (Å²) in [5.41, 5.74) is 4.15. The topological polar surface area (TPSA) is 149 Å². The summed E-state index contributed by atoms with van der Waals surface area (Å²) in [5.74, 6) is 0. The highest BCUT2D eigenvalue weighted by atomic mass is 16.7. The maximum absolute atomic E-state index is 12.8. The van der Waals surface area contributed by atoms with Gasteiger partial charge in [0.2, 0.25) is 0 Å². The Morgan fingerprint density at radius 2 is 1.23 bits per heavy atom. The van der Waals surface area contributed by atoms with Crippen molar-refractivity contribution in [3.05, 3.63) is 92.8 Å². The van der Waals surface area contributed by atoms with Crippen LogP contribution in [0, 0.1) is 13.8 Å². The molecule has 0 saturated heterocycles. The minimum absolute atomic E-state index is 0.227. The third-order valence-corrected chi connectivity index (χ3v) is 9.04. The Morgan fingerprint density at radius 3 is 1.81 bits per heavy atom. The molecule has 2 saturated carbocycles. The molecule has 3 N–H and O–H groups in total. The average Bonchev–Trinajstić information content (AvgIpc) is 3.08. The largest absolute Gasteiger partial charge is 0.423 e. The van der Waals surface area contributed by atoms with Crippen molar-refractivity contribution in [2.45, 2.75) is 96.7 Å². The van der Waals surface area contributed by atoms with E-state index in [4.69, 9.17) is 4.84 Å². The van der Waals surface area contributed by atoms with E-state index in [0.29, 0.717) is 34.5 Å². The summed E-state index contributed by atoms with van der Waals surface area (Å²) in [6.07, 6.45) is 14.7. The first kappa shape index (κ1) is 32.0. The lowest BCUT2D eigenvalue weighted by atomic mass is 9.95. The van der Waals surface area contributed by atoms with Gasteiger partial charge in [-0.1, -0.05) is 68.9 Å². The molecular weight excluding hydrogens is 596 g/mol. The van der Waals surface area contributed by atoms with Gasteiger partial charge in [-0.05, 0) is 45.1 Å². The number of fused-ring (bicyclic) bond motifs is 2. The van der Waals surface area contributed by atoms with Gasteiger partial charge in [0.25, 0.3) is 11.1 Å². The Kier molecular flexibility index (Phi) is 9.94. The fourth-order valence-corrected chi connectivity index (χ4v) is 6.59. The number of nitrogens with zero attached hydrogens (tertiary/aromatic N) is 6. The first-order chi connectivity index (χ1) is 22.9. The van der Waals surface area contributed by atoms with E-state index in [1.165, 1.54) is 62.0 Å². The van der Waals surface area contributed by atoms with Crippen molar-refractivity contribution in [1.29, 1.82) is 0 Å². The molecule has 0 bridgehead atoms. The van der Waals surface area contributed by atoms with E-state index in [0.717, 1.165) is 59.4 Å². The van der Waals surface area contributed by atoms with Crippen LogP contribution in [0.1, 0.15) is 81.2 Å². The van der Waals surface area contributed by atoms with E-state index in [1.54, 1.807) is 6.07 Å². The van der Waals surface area contributed by atoms with Crippen LogP contribution in [-0.2, 0) is 6.61 Å². The number of hydrogen-bond donors (Lipinski definition) is 3. The molecule has 5 aromatic rings. The minimum atomic E-state index is -0.478. The molecule has 0 amide bonds. The third kappa shape index (κ3) is 7.37. The van der Waals surface area contributed by atoms with Gasteiger partial charge >= 0.3 is 0 Å². The lowest BCUT2D eigenvalue weighted by molar-refractivity contribution is 0.0979. The highest BCUT2D eigenvalue weighted by Crippen LogP contribution is 2.28. The molecule has 246 valence electrons. The zero-order valence-electron chi connectivity index (χ0n) is 27.0. The van der Waals surface area contributed by atoms with Crippen molar-refractivity contribution in [2.75, 3.05) is 10.6 Å². The highest BCUT2D eigenvalue weighted by Gasteiger charge is 2.20. The van der Waals surface area contributed by atoms with E-state index >= 15 is 0 Å². The zero-order chi connectivity index (χ0) is 32.8. The summed E-state index contributed by atoms with van der Waals surface area (Å²) < 4.78 is 1.86. The molecule has 12 nitrogen and oxygen atoms in total. The fourth-order valence-electron chi connectivity index (χ4n) is 6.59. The molecule has 0 atom stereocenters. The highest BCUT2D eigenvalue weighted by molar-refractivity contribution is 5.91. The van der Waals surface area contributed by atoms with Gasteiger partial charge in [0.1, 0.15) is 19.3 Å². The second-order valence-corrected chi connectivity index (χ2v) is 12.4. The zero-order valence-corrected chi connectivity index (χ0v) is 27.0. The first-order valence-corrected chi connectivity index (χ1v) is 16.5. The van der Waals surface area contributed by atoms with Crippen molar-refractivity contribution < 1.29 is 10.0 Å². The van der Waals surface area contributed by atoms with Gasteiger partial charge in [0, 0.05) is 24.2 Å². The van der Waals surface area contributed by atoms with Crippen molar-refractivity contribution in [3.8, 4) is 0 Å². The monoisotopic (exact) mass is 638 g/mol. The second kappa shape index (κ2) is 14.6. The average molecular weight is 639 g/mol. The number of hydrogen-bond acceptors (Lipinski definition) is 10. The number of benzene rings is 1. The molecule has 4 heterocycles. The normalized spacial score (nSPS) is 15.6. The van der Waals surface area contributed by atoms with Crippen LogP contribution in [0.4, 0.5) is 11.4 Å². The van der Waals surface area contributed by atoms with Crippen molar-refractivity contribution in [1.82, 2.24) is 29.4 Å². The van der Waals surface area contributed by atoms with Gasteiger partial charge in [0.05, 0.1) is 33.5 Å². The van der Waals surface area contributed by atoms with Gasteiger partial charge in [-0.3, -0.25) is 9.59 Å². The van der Waals surface area contributed by atoms with Gasteiger partial charge in [-0.15, -0.1) is 9.46 Å². The summed E-state index contributed by atoms with van der Waals surface area (Å²) in [6, 6.07) is 13.6. The number of aromatic nitrogens is 6. The number of rotatable bonds is 7. The summed E-state index contributed by atoms with van der Waals surface area (Å²) in [5, 5.41) is 18.3. The summed E-state index contributed by atoms with van der Waals surface area (Å²) >= 11 is 0. The standard InChI is InChI=1S/C21H24N4O2.C14H18N4O2/c1-15-20-18(24-17-10-6-3-7-11-17)12-19(26)25(21(20)23-14-22-15)27-13-16-8-4-2-5-9-16;1-9-13-11(17-10-5-3-2-4-6-10)7-12(19)18(20)14(13)16-8-15-9/h2,4-5,8-9,12,14,17,24H,3,6-7,10-11,13H2,1H3;7-8,10,17,20H,2-6H2,1H3. The van der Waals surface area contributed by atoms with Crippen molar-refractivity contribution in [3.63, 3.8) is 0 Å². The third-order valence-electron chi connectivity index (χ3n) is 9.04. The lowest BCUT2D eigenvalue weighted by Crippen LogP contribution is -2.30. The lowest BCUT2D eigenvalue weighted by Gasteiger charge is -2.25. The molecule has 1 aromatic carbocycles. The predicted octanol–water partition coefficient (Wildman–Crippen LogP) is 5.56. The van der Waals surface area contributed by atoms with Gasteiger partial charge in [-0.25, -0.2) is 19.9 Å². The maximum atomic E-state index is 12.8. The molecular formula is C35H42N8O4. The minimum Gasteiger partial charge on any atom is -0.423 e. The fraction of sp³-hybridized carbons (Fsp3) is 0.429. The Labute approximate surface area is 272 Å². The molecule has 2 aliphatic carbocycles. The summed E-state index contributed by atoms with van der Waals surface area (Å²) in [4.78, 5) is 47.3. The molecule has 0 unspecified atom stereocenters. The van der Waals surface area contributed by atoms with Crippen LogP contribution in [0.3, 0.4) is 0 Å². The Balaban J connectivity index is 0.000000172. The second-order valence-electron chi connectivity index (χ2n) is 12.4. The van der Waals surface area contributed by atoms with Crippen LogP contribution in [-0.4, -0.2) is 46.7 Å². The Bertz CT molecular complexity index is 1950. The quantitative estimate of drug-likeness (QED) is 0.194. The van der Waals surface area contributed by atoms with Crippen LogP contribution in [0.5, 0.6) is 0 Å². The molecule has 7 rings (SSSR count). The van der Waals surface area contributed by atoms with Crippen molar-refractivity contribution in [2.24, 2.45) is 0 Å². The molecule has 4 aromatic heterocycles. The molecule has 47 heavy (non-hydrogen) atoms. The number of nitrogens with one attached hydrogen (secondary N) is 2. The van der Waals surface area contributed by atoms with Gasteiger partial charge < -0.3 is 20.7 Å². The molecule has 0 aliphatic heterocycles. The van der Waals surface area contributed by atoms with Crippen LogP contribution >= 0.6 is 0 Å². The van der Waals surface area contributed by atoms with E-state index in [-0.39, 0.29) is 11.2 Å². The van der Waals surface area contributed by atoms with Gasteiger partial charge in [-0.2, -0.15) is 0 Å². The van der Waals surface area contributed by atoms with E-state index in [9.17, 15) is 14.8 Å². The molecule has 0 spiro atoms. The SMILES string of the molecule is Cc1ncnc2c1c(NC1CCCCC1)cc(=O)n2O.Cc1ncnc2c1c(NC1CCCCC1)cc(=O)n2OCc1ccccc1. The molecule has 2 aliphatic rings. The van der Waals surface area contributed by atoms with E-state index in [1.807, 2.05) is 44.2 Å². The predicted molar refractivity (Wildman–Crippen MR) is 182 cm³/mol. The Hall–Kier alpha value is -5.00. The van der Waals surface area contributed by atoms with Crippen LogP contribution in [0.2, 0.25) is 0 Å². The van der Waals surface area contributed by atoms with Gasteiger partial charge in [0.15, 0.2) is 11.3 Å². The molecule has 12 heteroatoms. The van der Waals surface area contributed by atoms with Crippen LogP contribution in [0.25, 0.3) is 22.1 Å². The maximum Gasteiger partial charge on any atom is 0.287 e. The molecule has 2 fully saturated rings. The van der Waals surface area contributed by atoms with E-state index < -0.39 is 5.56 Å². The number of pyridine rings is 2. The molecule has 0 radical (unpaired) electrons. The van der Waals surface area contributed by atoms with Crippen LogP contribution in [0.15, 0.2) is 64.7 Å². The Morgan fingerprint density at radius 1 is 0.723 bits per heavy atom. The smallest absolute Gasteiger partial charge is 0.287 e. The van der Waals surface area contributed by atoms with E-state index in [2.05, 4.69) is 30.6 Å². The number of aryl methyl sites for hydroxylation is 2.